The molecule has 2 heterocycles. The first-order valence-electron chi connectivity index (χ1n) is 8.42. The highest BCUT2D eigenvalue weighted by molar-refractivity contribution is 5.94. The van der Waals surface area contributed by atoms with Crippen LogP contribution in [0.2, 0.25) is 0 Å². The first kappa shape index (κ1) is 19.4. The van der Waals surface area contributed by atoms with Gasteiger partial charge in [-0.05, 0) is 48.9 Å². The molecule has 28 heavy (non-hydrogen) atoms. The highest BCUT2D eigenvalue weighted by Crippen LogP contribution is 2.29. The molecule has 0 saturated heterocycles. The minimum absolute atomic E-state index is 0.128. The van der Waals surface area contributed by atoms with E-state index in [2.05, 4.69) is 10.4 Å². The molecule has 0 fully saturated rings. The van der Waals surface area contributed by atoms with Crippen molar-refractivity contribution in [2.75, 3.05) is 6.54 Å². The van der Waals surface area contributed by atoms with Gasteiger partial charge in [-0.3, -0.25) is 9.59 Å². The zero-order chi connectivity index (χ0) is 20.1. The average molecular weight is 391 g/mol. The second kappa shape index (κ2) is 8.12. The molecule has 0 unspecified atom stereocenters. The van der Waals surface area contributed by atoms with Crippen LogP contribution >= 0.6 is 0 Å². The van der Waals surface area contributed by atoms with Gasteiger partial charge in [0, 0.05) is 24.7 Å². The Morgan fingerprint density at radius 1 is 1.11 bits per heavy atom. The molecule has 3 rings (SSSR count). The summed E-state index contributed by atoms with van der Waals surface area (Å²) in [5, 5.41) is 6.82. The van der Waals surface area contributed by atoms with E-state index in [1.165, 1.54) is 17.0 Å². The van der Waals surface area contributed by atoms with Crippen molar-refractivity contribution in [3.8, 4) is 11.5 Å². The molecule has 1 N–H and O–H groups in total. The van der Waals surface area contributed by atoms with Crippen molar-refractivity contribution in [3.63, 3.8) is 0 Å². The molecule has 146 valence electrons. The number of rotatable bonds is 6. The number of aromatic nitrogens is 2. The SMILES string of the molecule is O=C(NCCCn1nc(-c2ccco2)ccc1=O)c1ccc(C(F)(F)F)cc1. The van der Waals surface area contributed by atoms with Gasteiger partial charge in [-0.2, -0.15) is 18.3 Å². The van der Waals surface area contributed by atoms with Crippen LogP contribution in [0, 0.1) is 0 Å². The highest BCUT2D eigenvalue weighted by atomic mass is 19.4. The minimum atomic E-state index is -4.44. The van der Waals surface area contributed by atoms with E-state index in [0.717, 1.165) is 24.3 Å². The van der Waals surface area contributed by atoms with E-state index in [9.17, 15) is 22.8 Å². The Labute approximate surface area is 157 Å². The lowest BCUT2D eigenvalue weighted by molar-refractivity contribution is -0.137. The van der Waals surface area contributed by atoms with Crippen LogP contribution in [0.1, 0.15) is 22.3 Å². The average Bonchev–Trinajstić information content (AvgIpc) is 3.20. The van der Waals surface area contributed by atoms with Crippen molar-refractivity contribution in [1.82, 2.24) is 15.1 Å². The number of hydrogen-bond acceptors (Lipinski definition) is 4. The third-order valence-corrected chi connectivity index (χ3v) is 3.95. The summed E-state index contributed by atoms with van der Waals surface area (Å²) in [4.78, 5) is 23.9. The lowest BCUT2D eigenvalue weighted by Gasteiger charge is -2.09. The van der Waals surface area contributed by atoms with Gasteiger partial charge in [0.1, 0.15) is 5.69 Å². The summed E-state index contributed by atoms with van der Waals surface area (Å²) in [6.07, 6.45) is -2.52. The molecule has 2 aromatic heterocycles. The Morgan fingerprint density at radius 3 is 2.50 bits per heavy atom. The number of carbonyl (C=O) groups is 1. The summed E-state index contributed by atoms with van der Waals surface area (Å²) in [7, 11) is 0. The van der Waals surface area contributed by atoms with Crippen molar-refractivity contribution in [1.29, 1.82) is 0 Å². The summed E-state index contributed by atoms with van der Waals surface area (Å²) in [5.74, 6) is 0.0442. The minimum Gasteiger partial charge on any atom is -0.463 e. The van der Waals surface area contributed by atoms with E-state index < -0.39 is 17.6 Å². The Morgan fingerprint density at radius 2 is 1.86 bits per heavy atom. The van der Waals surface area contributed by atoms with Gasteiger partial charge in [0.25, 0.3) is 11.5 Å². The van der Waals surface area contributed by atoms with E-state index >= 15 is 0 Å². The molecule has 3 aromatic rings. The van der Waals surface area contributed by atoms with Gasteiger partial charge in [-0.15, -0.1) is 0 Å². The maximum absolute atomic E-state index is 12.5. The number of alkyl halides is 3. The van der Waals surface area contributed by atoms with E-state index in [1.807, 2.05) is 0 Å². The van der Waals surface area contributed by atoms with Crippen LogP contribution in [0.5, 0.6) is 0 Å². The zero-order valence-corrected chi connectivity index (χ0v) is 14.6. The fourth-order valence-electron chi connectivity index (χ4n) is 2.51. The normalized spacial score (nSPS) is 11.4. The van der Waals surface area contributed by atoms with Gasteiger partial charge in [-0.1, -0.05) is 0 Å². The number of hydrogen-bond donors (Lipinski definition) is 1. The molecule has 9 heteroatoms. The molecule has 0 aliphatic heterocycles. The van der Waals surface area contributed by atoms with E-state index in [4.69, 9.17) is 4.42 Å². The zero-order valence-electron chi connectivity index (χ0n) is 14.6. The Bertz CT molecular complexity index is 994. The van der Waals surface area contributed by atoms with Gasteiger partial charge in [-0.25, -0.2) is 4.68 Å². The van der Waals surface area contributed by atoms with Crippen molar-refractivity contribution < 1.29 is 22.4 Å². The number of nitrogens with zero attached hydrogens (tertiary/aromatic N) is 2. The lowest BCUT2D eigenvalue weighted by atomic mass is 10.1. The summed E-state index contributed by atoms with van der Waals surface area (Å²) in [6.45, 7) is 0.500. The Hall–Kier alpha value is -3.36. The van der Waals surface area contributed by atoms with Gasteiger partial charge < -0.3 is 9.73 Å². The monoisotopic (exact) mass is 391 g/mol. The molecule has 6 nitrogen and oxygen atoms in total. The number of halogens is 3. The van der Waals surface area contributed by atoms with Gasteiger partial charge in [0.05, 0.1) is 11.8 Å². The number of aryl methyl sites for hydroxylation is 1. The quantitative estimate of drug-likeness (QED) is 0.654. The Balaban J connectivity index is 1.54. The molecule has 0 radical (unpaired) electrons. The predicted molar refractivity (Wildman–Crippen MR) is 94.6 cm³/mol. The third kappa shape index (κ3) is 4.67. The second-order valence-corrected chi connectivity index (χ2v) is 5.94. The van der Waals surface area contributed by atoms with Gasteiger partial charge in [0.15, 0.2) is 5.76 Å². The van der Waals surface area contributed by atoms with Crippen molar-refractivity contribution in [3.05, 3.63) is 76.3 Å². The predicted octanol–water partition coefficient (Wildman–Crippen LogP) is 3.34. The molecule has 0 aliphatic rings. The van der Waals surface area contributed by atoms with E-state index in [-0.39, 0.29) is 24.2 Å². The van der Waals surface area contributed by atoms with E-state index in [0.29, 0.717) is 17.9 Å². The maximum Gasteiger partial charge on any atom is 0.416 e. The van der Waals surface area contributed by atoms with Crippen LogP contribution in [-0.2, 0) is 12.7 Å². The fourth-order valence-corrected chi connectivity index (χ4v) is 2.51. The molecule has 0 atom stereocenters. The summed E-state index contributed by atoms with van der Waals surface area (Å²) in [5.41, 5.74) is -0.461. The smallest absolute Gasteiger partial charge is 0.416 e. The second-order valence-electron chi connectivity index (χ2n) is 5.94. The number of benzene rings is 1. The van der Waals surface area contributed by atoms with Crippen LogP contribution in [0.25, 0.3) is 11.5 Å². The largest absolute Gasteiger partial charge is 0.463 e. The molecular formula is C19H16F3N3O3. The molecule has 0 spiro atoms. The van der Waals surface area contributed by atoms with Crippen LogP contribution in [0.3, 0.4) is 0 Å². The molecule has 0 aliphatic carbocycles. The molecule has 0 bridgehead atoms. The van der Waals surface area contributed by atoms with Crippen molar-refractivity contribution >= 4 is 5.91 Å². The summed E-state index contributed by atoms with van der Waals surface area (Å²) in [6, 6.07) is 10.3. The Kier molecular flexibility index (Phi) is 5.62. The van der Waals surface area contributed by atoms with E-state index in [1.54, 1.807) is 18.2 Å². The number of furan rings is 1. The lowest BCUT2D eigenvalue weighted by Crippen LogP contribution is -2.28. The third-order valence-electron chi connectivity index (χ3n) is 3.95. The van der Waals surface area contributed by atoms with Crippen LogP contribution in [0.4, 0.5) is 13.2 Å². The van der Waals surface area contributed by atoms with Crippen molar-refractivity contribution in [2.45, 2.75) is 19.1 Å². The first-order valence-corrected chi connectivity index (χ1v) is 8.42. The maximum atomic E-state index is 12.5. The molecular weight excluding hydrogens is 375 g/mol. The summed E-state index contributed by atoms with van der Waals surface area (Å²) < 4.78 is 44.1. The fraction of sp³-hybridized carbons (Fsp3) is 0.211. The molecule has 1 aromatic carbocycles. The number of nitrogens with one attached hydrogen (secondary N) is 1. The van der Waals surface area contributed by atoms with Gasteiger partial charge >= 0.3 is 6.18 Å². The van der Waals surface area contributed by atoms with Gasteiger partial charge in [0.2, 0.25) is 0 Å². The molecule has 1 amide bonds. The standard InChI is InChI=1S/C19H16F3N3O3/c20-19(21,22)14-6-4-13(5-7-14)18(27)23-10-2-11-25-17(26)9-8-15(24-25)16-3-1-12-28-16/h1,3-9,12H,2,10-11H2,(H,23,27). The number of carbonyl (C=O) groups excluding carboxylic acids is 1. The number of amides is 1. The first-order chi connectivity index (χ1) is 13.3. The summed E-state index contributed by atoms with van der Waals surface area (Å²) >= 11 is 0. The molecule has 0 saturated carbocycles. The van der Waals surface area contributed by atoms with Crippen LogP contribution in [-0.4, -0.2) is 22.2 Å². The topological polar surface area (TPSA) is 77.1 Å². The van der Waals surface area contributed by atoms with Crippen LogP contribution in [0.15, 0.2) is 64.0 Å². The highest BCUT2D eigenvalue weighted by Gasteiger charge is 2.30. The van der Waals surface area contributed by atoms with Crippen molar-refractivity contribution in [2.24, 2.45) is 0 Å². The van der Waals surface area contributed by atoms with Crippen LogP contribution < -0.4 is 10.9 Å².